The first-order valence-corrected chi connectivity index (χ1v) is 3.04. The maximum atomic E-state index is 4.82. The monoisotopic (exact) mass is 202 g/mol. The third-order valence-corrected chi connectivity index (χ3v) is 1.82. The molecule has 0 heterocycles. The van der Waals surface area contributed by atoms with Gasteiger partial charge in [0.15, 0.2) is 0 Å². The molecule has 0 fully saturated rings. The van der Waals surface area contributed by atoms with Gasteiger partial charge in [0.2, 0.25) is 0 Å². The molecule has 0 rings (SSSR count). The molecule has 2 heteroatoms. The molecule has 0 saturated carbocycles. The second-order valence-electron chi connectivity index (χ2n) is 0.930. The van der Waals surface area contributed by atoms with Gasteiger partial charge in [-0.1, -0.05) is 0 Å². The molecule has 0 radical (unpaired) electrons. The first kappa shape index (κ1) is 6.46. The molecule has 0 aliphatic heterocycles. The molecule has 6 heavy (non-hydrogen) atoms. The van der Waals surface area contributed by atoms with E-state index in [9.17, 15) is 0 Å². The van der Waals surface area contributed by atoms with Crippen molar-refractivity contribution >= 4 is 25.6 Å². The van der Waals surface area contributed by atoms with Crippen molar-refractivity contribution in [3.63, 3.8) is 0 Å². The van der Waals surface area contributed by atoms with Gasteiger partial charge in [0, 0.05) is 0 Å². The summed E-state index contributed by atoms with van der Waals surface area (Å²) >= 11 is 1.91. The van der Waals surface area contributed by atoms with E-state index in [0.29, 0.717) is 0 Å². The van der Waals surface area contributed by atoms with E-state index in [2.05, 4.69) is 6.92 Å². The average molecular weight is 200 g/mol. The van der Waals surface area contributed by atoms with Crippen molar-refractivity contribution in [1.82, 2.24) is 0 Å². The number of rotatable bonds is 2. The Morgan fingerprint density at radius 2 is 2.33 bits per heavy atom. The van der Waals surface area contributed by atoms with E-state index in [0.717, 1.165) is 10.2 Å². The van der Waals surface area contributed by atoms with Crippen LogP contribution < -0.4 is 0 Å². The zero-order chi connectivity index (χ0) is 4.99. The van der Waals surface area contributed by atoms with Crippen molar-refractivity contribution in [2.75, 3.05) is 7.11 Å². The fourth-order valence-corrected chi connectivity index (χ4v) is 0.144. The Labute approximate surface area is 51.1 Å². The van der Waals surface area contributed by atoms with Crippen molar-refractivity contribution in [1.29, 1.82) is 0 Å². The van der Waals surface area contributed by atoms with Crippen LogP contribution in [0, 0.1) is 0 Å². The fraction of sp³-hybridized carbons (Fsp3) is 0.750. The molecular formula is C4H8OTe. The van der Waals surface area contributed by atoms with Crippen LogP contribution in [-0.4, -0.2) is 32.7 Å². The third kappa shape index (κ3) is 2.68. The van der Waals surface area contributed by atoms with Gasteiger partial charge in [-0.05, 0) is 0 Å². The van der Waals surface area contributed by atoms with E-state index in [1.807, 2.05) is 21.8 Å². The van der Waals surface area contributed by atoms with Gasteiger partial charge in [-0.2, -0.15) is 0 Å². The standard InChI is InChI=1S/C4H8OTe/c1-3-4(6)5-2/h3H2,1-2H3. The Kier molecular flexibility index (Phi) is 3.92. The summed E-state index contributed by atoms with van der Waals surface area (Å²) in [6.07, 6.45) is 1.03. The topological polar surface area (TPSA) is 9.23 Å². The van der Waals surface area contributed by atoms with Crippen LogP contribution in [0.1, 0.15) is 13.3 Å². The first-order chi connectivity index (χ1) is 2.81. The molecule has 0 unspecified atom stereocenters. The van der Waals surface area contributed by atoms with Crippen molar-refractivity contribution in [2.45, 2.75) is 13.3 Å². The predicted octanol–water partition coefficient (Wildman–Crippen LogP) is 0.341. The summed E-state index contributed by atoms with van der Waals surface area (Å²) in [5.74, 6) is 0. The van der Waals surface area contributed by atoms with Crippen LogP contribution in [0.4, 0.5) is 0 Å². The van der Waals surface area contributed by atoms with Crippen molar-refractivity contribution in [3.8, 4) is 0 Å². The zero-order valence-electron chi connectivity index (χ0n) is 4.02. The van der Waals surface area contributed by atoms with Crippen molar-refractivity contribution < 1.29 is 4.74 Å². The van der Waals surface area contributed by atoms with Gasteiger partial charge in [-0.3, -0.25) is 0 Å². The van der Waals surface area contributed by atoms with E-state index in [4.69, 9.17) is 4.74 Å². The Morgan fingerprint density at radius 3 is 2.33 bits per heavy atom. The molecule has 1 nitrogen and oxygen atoms in total. The molecule has 36 valence electrons. The molecule has 0 saturated heterocycles. The molecule has 0 aliphatic carbocycles. The minimum absolute atomic E-state index is 1.03. The number of methoxy groups -OCH3 is 1. The molecule has 0 aromatic carbocycles. The van der Waals surface area contributed by atoms with Gasteiger partial charge < -0.3 is 0 Å². The predicted molar refractivity (Wildman–Crippen MR) is 28.1 cm³/mol. The van der Waals surface area contributed by atoms with E-state index < -0.39 is 0 Å². The Balaban J connectivity index is 2.99. The maximum absolute atomic E-state index is 4.82. The molecule has 0 spiro atoms. The van der Waals surface area contributed by atoms with E-state index >= 15 is 0 Å². The summed E-state index contributed by atoms with van der Waals surface area (Å²) in [5, 5.41) is 0. The number of hydrogen-bond acceptors (Lipinski definition) is 1. The van der Waals surface area contributed by atoms with Crippen LogP contribution in [0.3, 0.4) is 0 Å². The molecule has 0 amide bonds. The number of hydrogen-bond donors (Lipinski definition) is 0. The SMILES string of the molecule is CCC(=[Te])OC. The molecule has 0 atom stereocenters. The fourth-order valence-electron chi connectivity index (χ4n) is 0.144. The summed E-state index contributed by atoms with van der Waals surface area (Å²) in [6, 6.07) is 0. The Morgan fingerprint density at radius 1 is 1.83 bits per heavy atom. The molecule has 0 bridgehead atoms. The summed E-state index contributed by atoms with van der Waals surface area (Å²) in [6.45, 7) is 2.07. The molecule has 0 aromatic rings. The van der Waals surface area contributed by atoms with Crippen molar-refractivity contribution in [2.24, 2.45) is 0 Å². The Bertz CT molecular complexity index is 45.5. The zero-order valence-corrected chi connectivity index (χ0v) is 6.35. The van der Waals surface area contributed by atoms with Gasteiger partial charge in [0.05, 0.1) is 0 Å². The number of ether oxygens (including phenoxy) is 1. The summed E-state index contributed by atoms with van der Waals surface area (Å²) in [4.78, 5) is 0. The summed E-state index contributed by atoms with van der Waals surface area (Å²) in [5.41, 5.74) is 0. The first-order valence-electron chi connectivity index (χ1n) is 1.88. The molecule has 0 aliphatic rings. The minimum atomic E-state index is 1.03. The summed E-state index contributed by atoms with van der Waals surface area (Å²) < 4.78 is 5.92. The molecular weight excluding hydrogens is 192 g/mol. The Hall–Kier alpha value is 0.460. The molecule has 0 aromatic heterocycles. The van der Waals surface area contributed by atoms with Crippen LogP contribution in [0.5, 0.6) is 0 Å². The summed E-state index contributed by atoms with van der Waals surface area (Å²) in [7, 11) is 1.70. The van der Waals surface area contributed by atoms with Crippen LogP contribution >= 0.6 is 0 Å². The van der Waals surface area contributed by atoms with Gasteiger partial charge in [-0.15, -0.1) is 0 Å². The van der Waals surface area contributed by atoms with Crippen LogP contribution in [-0.2, 0) is 4.74 Å². The second-order valence-corrected chi connectivity index (χ2v) is 2.23. The molecule has 0 N–H and O–H groups in total. The average Bonchev–Trinajstić information content (AvgIpc) is 1.65. The van der Waals surface area contributed by atoms with Gasteiger partial charge in [-0.25, -0.2) is 0 Å². The quantitative estimate of drug-likeness (QED) is 0.583. The van der Waals surface area contributed by atoms with Gasteiger partial charge in [0.25, 0.3) is 0 Å². The van der Waals surface area contributed by atoms with Crippen molar-refractivity contribution in [3.05, 3.63) is 0 Å². The van der Waals surface area contributed by atoms with Gasteiger partial charge >= 0.3 is 50.7 Å². The normalized spacial score (nSPS) is 7.67. The van der Waals surface area contributed by atoms with Crippen LogP contribution in [0.15, 0.2) is 0 Å². The second kappa shape index (κ2) is 3.64. The van der Waals surface area contributed by atoms with E-state index in [1.165, 1.54) is 0 Å². The van der Waals surface area contributed by atoms with Gasteiger partial charge in [0.1, 0.15) is 0 Å². The van der Waals surface area contributed by atoms with E-state index in [1.54, 1.807) is 7.11 Å². The van der Waals surface area contributed by atoms with Crippen LogP contribution in [0.2, 0.25) is 0 Å². The van der Waals surface area contributed by atoms with E-state index in [-0.39, 0.29) is 0 Å². The third-order valence-electron chi connectivity index (χ3n) is 0.516. The van der Waals surface area contributed by atoms with Crippen LogP contribution in [0.25, 0.3) is 0 Å².